The van der Waals surface area contributed by atoms with Crippen molar-refractivity contribution < 1.29 is 14.6 Å². The number of fused-ring (bicyclic) bond motifs is 1. The molecule has 21 heavy (non-hydrogen) atoms. The van der Waals surface area contributed by atoms with Crippen LogP contribution in [0.3, 0.4) is 0 Å². The van der Waals surface area contributed by atoms with Crippen molar-refractivity contribution in [2.75, 3.05) is 7.11 Å². The Balaban J connectivity index is 2.18. The Hall–Kier alpha value is -2.66. The summed E-state index contributed by atoms with van der Waals surface area (Å²) in [7, 11) is 1.35. The molecule has 2 N–H and O–H groups in total. The zero-order valence-electron chi connectivity index (χ0n) is 11.5. The van der Waals surface area contributed by atoms with Gasteiger partial charge in [-0.25, -0.2) is 9.78 Å². The number of nitrogens with one attached hydrogen (secondary N) is 1. The summed E-state index contributed by atoms with van der Waals surface area (Å²) in [5.74, 6) is -0.386. The lowest BCUT2D eigenvalue weighted by atomic mass is 9.97. The Bertz CT molecular complexity index is 808. The van der Waals surface area contributed by atoms with Gasteiger partial charge in [0.15, 0.2) is 0 Å². The number of esters is 1. The second-order valence-corrected chi connectivity index (χ2v) is 4.62. The van der Waals surface area contributed by atoms with E-state index in [2.05, 4.69) is 9.97 Å². The maximum atomic E-state index is 11.6. The predicted octanol–water partition coefficient (Wildman–Crippen LogP) is 2.51. The molecule has 0 aliphatic rings. The first kappa shape index (κ1) is 13.3. The third kappa shape index (κ3) is 2.28. The molecule has 0 fully saturated rings. The molecule has 0 atom stereocenters. The van der Waals surface area contributed by atoms with E-state index in [0.29, 0.717) is 5.56 Å². The fraction of sp³-hybridized carbons (Fsp3) is 0.125. The maximum absolute atomic E-state index is 11.6. The number of methoxy groups -OCH3 is 1. The molecular weight excluding hydrogens is 268 g/mol. The number of aromatic nitrogens is 2. The van der Waals surface area contributed by atoms with E-state index in [4.69, 9.17) is 4.74 Å². The Morgan fingerprint density at radius 1 is 1.33 bits per heavy atom. The minimum absolute atomic E-state index is 0.125. The van der Waals surface area contributed by atoms with E-state index >= 15 is 0 Å². The van der Waals surface area contributed by atoms with E-state index in [1.165, 1.54) is 7.11 Å². The summed E-state index contributed by atoms with van der Waals surface area (Å²) in [4.78, 5) is 18.9. The number of rotatable bonds is 3. The van der Waals surface area contributed by atoms with Gasteiger partial charge in [0.25, 0.3) is 0 Å². The highest BCUT2D eigenvalue weighted by Crippen LogP contribution is 2.29. The number of aliphatic hydroxyl groups is 1. The van der Waals surface area contributed by atoms with Crippen molar-refractivity contribution >= 4 is 17.0 Å². The summed E-state index contributed by atoms with van der Waals surface area (Å²) in [5, 5.41) is 9.68. The molecule has 0 amide bonds. The predicted molar refractivity (Wildman–Crippen MR) is 78.8 cm³/mol. The number of imidazole rings is 1. The number of hydrogen-bond donors (Lipinski definition) is 2. The summed E-state index contributed by atoms with van der Waals surface area (Å²) < 4.78 is 4.74. The number of aromatic amines is 1. The lowest BCUT2D eigenvalue weighted by Crippen LogP contribution is -2.01. The normalized spacial score (nSPS) is 10.8. The van der Waals surface area contributed by atoms with E-state index < -0.39 is 0 Å². The number of ether oxygens (including phenoxy) is 1. The molecule has 5 nitrogen and oxygen atoms in total. The zero-order valence-corrected chi connectivity index (χ0v) is 11.5. The van der Waals surface area contributed by atoms with Gasteiger partial charge in [-0.2, -0.15) is 0 Å². The monoisotopic (exact) mass is 282 g/mol. The van der Waals surface area contributed by atoms with Crippen molar-refractivity contribution in [3.63, 3.8) is 0 Å². The first-order valence-electron chi connectivity index (χ1n) is 6.49. The second-order valence-electron chi connectivity index (χ2n) is 4.62. The SMILES string of the molecule is COC(=O)c1cccc(-c2ccc3[nH]cnc3c2CO)c1. The number of carbonyl (C=O) groups excluding carboxylic acids is 1. The molecular formula is C16H14N2O3. The van der Waals surface area contributed by atoms with E-state index in [9.17, 15) is 9.90 Å². The van der Waals surface area contributed by atoms with Gasteiger partial charge in [0.05, 0.1) is 36.6 Å². The van der Waals surface area contributed by atoms with Crippen molar-refractivity contribution in [1.82, 2.24) is 9.97 Å². The van der Waals surface area contributed by atoms with Gasteiger partial charge < -0.3 is 14.8 Å². The molecule has 0 aliphatic heterocycles. The van der Waals surface area contributed by atoms with Crippen LogP contribution in [0.4, 0.5) is 0 Å². The van der Waals surface area contributed by atoms with Crippen molar-refractivity contribution in [3.8, 4) is 11.1 Å². The molecule has 0 bridgehead atoms. The van der Waals surface area contributed by atoms with Crippen LogP contribution < -0.4 is 0 Å². The zero-order chi connectivity index (χ0) is 14.8. The van der Waals surface area contributed by atoms with Crippen molar-refractivity contribution in [3.05, 3.63) is 53.9 Å². The lowest BCUT2D eigenvalue weighted by molar-refractivity contribution is 0.0601. The van der Waals surface area contributed by atoms with Crippen LogP contribution in [0.25, 0.3) is 22.2 Å². The molecule has 1 heterocycles. The third-order valence-electron chi connectivity index (χ3n) is 3.45. The highest BCUT2D eigenvalue weighted by atomic mass is 16.5. The molecule has 0 spiro atoms. The van der Waals surface area contributed by atoms with Gasteiger partial charge in [0, 0.05) is 5.56 Å². The van der Waals surface area contributed by atoms with Crippen molar-refractivity contribution in [2.45, 2.75) is 6.61 Å². The van der Waals surface area contributed by atoms with Gasteiger partial charge in [-0.15, -0.1) is 0 Å². The molecule has 0 unspecified atom stereocenters. The van der Waals surface area contributed by atoms with Gasteiger partial charge in [-0.05, 0) is 29.3 Å². The first-order chi connectivity index (χ1) is 10.2. The number of carbonyl (C=O) groups is 1. The molecule has 0 radical (unpaired) electrons. The van der Waals surface area contributed by atoms with Crippen LogP contribution >= 0.6 is 0 Å². The van der Waals surface area contributed by atoms with Crippen LogP contribution in [0.1, 0.15) is 15.9 Å². The molecule has 1 aromatic heterocycles. The topological polar surface area (TPSA) is 75.2 Å². The smallest absolute Gasteiger partial charge is 0.337 e. The molecule has 3 rings (SSSR count). The van der Waals surface area contributed by atoms with Gasteiger partial charge >= 0.3 is 5.97 Å². The highest BCUT2D eigenvalue weighted by Gasteiger charge is 2.12. The molecule has 2 aromatic carbocycles. The Kier molecular flexibility index (Phi) is 3.41. The Labute approximate surface area is 121 Å². The molecule has 106 valence electrons. The van der Waals surface area contributed by atoms with E-state index in [1.54, 1.807) is 24.5 Å². The first-order valence-corrected chi connectivity index (χ1v) is 6.49. The summed E-state index contributed by atoms with van der Waals surface area (Å²) in [6.45, 7) is -0.125. The third-order valence-corrected chi connectivity index (χ3v) is 3.45. The van der Waals surface area contributed by atoms with Gasteiger partial charge in [0.2, 0.25) is 0 Å². The second kappa shape index (κ2) is 5.38. The molecule has 5 heteroatoms. The van der Waals surface area contributed by atoms with Crippen LogP contribution in [-0.4, -0.2) is 28.2 Å². The van der Waals surface area contributed by atoms with Crippen molar-refractivity contribution in [2.24, 2.45) is 0 Å². The summed E-state index contributed by atoms with van der Waals surface area (Å²) >= 11 is 0. The molecule has 0 aliphatic carbocycles. The lowest BCUT2D eigenvalue weighted by Gasteiger charge is -2.09. The average molecular weight is 282 g/mol. The van der Waals surface area contributed by atoms with Crippen LogP contribution in [0.15, 0.2) is 42.7 Å². The number of nitrogens with zero attached hydrogens (tertiary/aromatic N) is 1. The maximum Gasteiger partial charge on any atom is 0.337 e. The summed E-state index contributed by atoms with van der Waals surface area (Å²) in [6.07, 6.45) is 1.60. The molecule has 3 aromatic rings. The van der Waals surface area contributed by atoms with Crippen LogP contribution in [0, 0.1) is 0 Å². The van der Waals surface area contributed by atoms with Gasteiger partial charge in [0.1, 0.15) is 0 Å². The van der Waals surface area contributed by atoms with Crippen LogP contribution in [-0.2, 0) is 11.3 Å². The van der Waals surface area contributed by atoms with E-state index in [-0.39, 0.29) is 12.6 Å². The minimum atomic E-state index is -0.386. The molecule has 0 saturated carbocycles. The standard InChI is InChI=1S/C16H14N2O3/c1-21-16(20)11-4-2-3-10(7-11)12-5-6-14-15(13(12)8-19)18-9-17-14/h2-7,9,19H,8H2,1H3,(H,17,18). The summed E-state index contributed by atoms with van der Waals surface area (Å²) in [5.41, 5.74) is 4.50. The Morgan fingerprint density at radius 3 is 2.95 bits per heavy atom. The van der Waals surface area contributed by atoms with Gasteiger partial charge in [-0.3, -0.25) is 0 Å². The largest absolute Gasteiger partial charge is 0.465 e. The van der Waals surface area contributed by atoms with E-state index in [0.717, 1.165) is 27.7 Å². The number of H-pyrrole nitrogens is 1. The number of benzene rings is 2. The summed E-state index contributed by atoms with van der Waals surface area (Å²) in [6, 6.07) is 10.9. The van der Waals surface area contributed by atoms with Crippen LogP contribution in [0.5, 0.6) is 0 Å². The molecule has 0 saturated heterocycles. The minimum Gasteiger partial charge on any atom is -0.465 e. The Morgan fingerprint density at radius 2 is 2.19 bits per heavy atom. The number of aliphatic hydroxyl groups excluding tert-OH is 1. The van der Waals surface area contributed by atoms with E-state index in [1.807, 2.05) is 18.2 Å². The highest BCUT2D eigenvalue weighted by molar-refractivity contribution is 5.92. The fourth-order valence-corrected chi connectivity index (χ4v) is 2.43. The fourth-order valence-electron chi connectivity index (χ4n) is 2.43. The number of hydrogen-bond acceptors (Lipinski definition) is 4. The quantitative estimate of drug-likeness (QED) is 0.724. The van der Waals surface area contributed by atoms with Crippen molar-refractivity contribution in [1.29, 1.82) is 0 Å². The average Bonchev–Trinajstić information content (AvgIpc) is 3.01. The van der Waals surface area contributed by atoms with Gasteiger partial charge in [-0.1, -0.05) is 18.2 Å². The van der Waals surface area contributed by atoms with Crippen LogP contribution in [0.2, 0.25) is 0 Å².